The summed E-state index contributed by atoms with van der Waals surface area (Å²) in [6.45, 7) is 2.47. The van der Waals surface area contributed by atoms with E-state index in [1.54, 1.807) is 36.4 Å². The molecule has 2 N–H and O–H groups in total. The van der Waals surface area contributed by atoms with Crippen molar-refractivity contribution >= 4 is 21.8 Å². The quantitative estimate of drug-likeness (QED) is 0.132. The monoisotopic (exact) mass is 588 g/mol. The van der Waals surface area contributed by atoms with Crippen molar-refractivity contribution in [2.24, 2.45) is 0 Å². The molecule has 41 heavy (non-hydrogen) atoms. The highest BCUT2D eigenvalue weighted by Gasteiger charge is 2.25. The van der Waals surface area contributed by atoms with Crippen molar-refractivity contribution in [1.82, 2.24) is 20.5 Å². The zero-order valence-electron chi connectivity index (χ0n) is 22.7. The van der Waals surface area contributed by atoms with Crippen molar-refractivity contribution < 1.29 is 36.8 Å². The summed E-state index contributed by atoms with van der Waals surface area (Å²) in [6, 6.07) is 11.9. The van der Waals surface area contributed by atoms with E-state index in [0.717, 1.165) is 43.3 Å². The summed E-state index contributed by atoms with van der Waals surface area (Å²) >= 11 is 0. The lowest BCUT2D eigenvalue weighted by atomic mass is 9.96. The number of carbonyl (C=O) groups excluding carboxylic acids is 1. The first kappa shape index (κ1) is 30.2. The zero-order valence-corrected chi connectivity index (χ0v) is 23.5. The van der Waals surface area contributed by atoms with E-state index in [2.05, 4.69) is 15.0 Å². The van der Waals surface area contributed by atoms with Crippen LogP contribution in [0.4, 0.5) is 4.39 Å². The molecule has 0 spiro atoms. The molecule has 2 aromatic carbocycles. The molecule has 1 fully saturated rings. The third-order valence-electron chi connectivity index (χ3n) is 6.54. The number of likely N-dealkylation sites (tertiary alicyclic amines) is 1. The molecule has 3 aromatic rings. The van der Waals surface area contributed by atoms with Gasteiger partial charge in [0, 0.05) is 24.8 Å². The van der Waals surface area contributed by atoms with Crippen LogP contribution in [0.25, 0.3) is 6.08 Å². The number of carbonyl (C=O) groups is 1. The zero-order chi connectivity index (χ0) is 29.2. The summed E-state index contributed by atoms with van der Waals surface area (Å²) in [5, 5.41) is 12.7. The number of hydroxylamine groups is 1. The topological polar surface area (TPSA) is 144 Å². The van der Waals surface area contributed by atoms with Crippen LogP contribution < -0.4 is 15.0 Å². The predicted octanol–water partition coefficient (Wildman–Crippen LogP) is 3.50. The van der Waals surface area contributed by atoms with Gasteiger partial charge in [0.2, 0.25) is 0 Å². The van der Waals surface area contributed by atoms with E-state index in [1.807, 2.05) is 6.07 Å². The molecule has 4 rings (SSSR count). The number of amides is 1. The molecule has 0 radical (unpaired) electrons. The van der Waals surface area contributed by atoms with E-state index in [0.29, 0.717) is 30.4 Å². The third kappa shape index (κ3) is 9.66. The molecule has 0 unspecified atom stereocenters. The van der Waals surface area contributed by atoms with Gasteiger partial charge in [-0.1, -0.05) is 23.4 Å². The van der Waals surface area contributed by atoms with Gasteiger partial charge in [-0.3, -0.25) is 14.9 Å². The standard InChI is InChI=1S/C28H33FN4O7S/c1-41(36,37)16-2-15-38-25-9-5-21(17-24(25)29)18-33-13-11-22(12-14-33)28-30-27(40-32-28)19-39-23-7-3-20(4-8-23)6-10-26(34)31-35/h3-10,17,22,35H,2,11-16,18-19H2,1H3,(H,31,34). The lowest BCUT2D eigenvalue weighted by Crippen LogP contribution is -2.32. The van der Waals surface area contributed by atoms with Crippen molar-refractivity contribution in [2.45, 2.75) is 38.3 Å². The van der Waals surface area contributed by atoms with Gasteiger partial charge in [-0.2, -0.15) is 4.98 Å². The SMILES string of the molecule is CS(=O)(=O)CCCOc1ccc(CN2CCC(c3noc(COc4ccc(C=CC(=O)NO)cc4)n3)CC2)cc1F. The first-order valence-corrected chi connectivity index (χ1v) is 15.2. The number of halogens is 1. The number of sulfone groups is 1. The van der Waals surface area contributed by atoms with Crippen LogP contribution in [0.2, 0.25) is 0 Å². The Hall–Kier alpha value is -3.81. The largest absolute Gasteiger partial charge is 0.490 e. The molecule has 1 aliphatic heterocycles. The van der Waals surface area contributed by atoms with E-state index in [1.165, 1.54) is 17.6 Å². The van der Waals surface area contributed by atoms with Crippen molar-refractivity contribution in [1.29, 1.82) is 0 Å². The van der Waals surface area contributed by atoms with E-state index >= 15 is 0 Å². The maximum atomic E-state index is 14.5. The summed E-state index contributed by atoms with van der Waals surface area (Å²) in [5.41, 5.74) is 3.13. The van der Waals surface area contributed by atoms with Crippen LogP contribution in [0.1, 0.15) is 48.0 Å². The summed E-state index contributed by atoms with van der Waals surface area (Å²) in [4.78, 5) is 17.8. The van der Waals surface area contributed by atoms with Crippen molar-refractivity contribution in [3.05, 3.63) is 77.2 Å². The molecule has 1 aromatic heterocycles. The molecular weight excluding hydrogens is 555 g/mol. The van der Waals surface area contributed by atoms with Crippen LogP contribution in [0.5, 0.6) is 11.5 Å². The van der Waals surface area contributed by atoms with Gasteiger partial charge in [0.25, 0.3) is 11.8 Å². The minimum Gasteiger partial charge on any atom is -0.490 e. The highest BCUT2D eigenvalue weighted by molar-refractivity contribution is 7.90. The molecule has 2 heterocycles. The van der Waals surface area contributed by atoms with Crippen molar-refractivity contribution in [2.75, 3.05) is 31.7 Å². The van der Waals surface area contributed by atoms with Gasteiger partial charge in [-0.05, 0) is 73.8 Å². The summed E-state index contributed by atoms with van der Waals surface area (Å²) in [5.74, 6) is 0.836. The molecule has 13 heteroatoms. The smallest absolute Gasteiger partial charge is 0.267 e. The fraction of sp³-hybridized carbons (Fsp3) is 0.393. The lowest BCUT2D eigenvalue weighted by molar-refractivity contribution is -0.124. The van der Waals surface area contributed by atoms with Crippen molar-refractivity contribution in [3.8, 4) is 11.5 Å². The van der Waals surface area contributed by atoms with Crippen LogP contribution in [0.3, 0.4) is 0 Å². The molecule has 0 aliphatic carbocycles. The average Bonchev–Trinajstić information content (AvgIpc) is 3.43. The van der Waals surface area contributed by atoms with Gasteiger partial charge >= 0.3 is 0 Å². The Morgan fingerprint density at radius 3 is 2.63 bits per heavy atom. The molecular formula is C28H33FN4O7S. The van der Waals surface area contributed by atoms with Crippen LogP contribution in [-0.2, 0) is 27.8 Å². The maximum absolute atomic E-state index is 14.5. The Labute approximate surface area is 237 Å². The molecule has 1 amide bonds. The highest BCUT2D eigenvalue weighted by atomic mass is 32.2. The maximum Gasteiger partial charge on any atom is 0.267 e. The van der Waals surface area contributed by atoms with E-state index in [9.17, 15) is 17.6 Å². The Morgan fingerprint density at radius 2 is 1.95 bits per heavy atom. The fourth-order valence-corrected chi connectivity index (χ4v) is 5.03. The van der Waals surface area contributed by atoms with E-state index in [-0.39, 0.29) is 30.6 Å². The fourth-order valence-electron chi connectivity index (χ4n) is 4.39. The van der Waals surface area contributed by atoms with Gasteiger partial charge in [0.05, 0.1) is 12.4 Å². The Morgan fingerprint density at radius 1 is 1.20 bits per heavy atom. The number of piperidine rings is 1. The number of benzene rings is 2. The second-order valence-electron chi connectivity index (χ2n) is 9.86. The minimum atomic E-state index is -3.06. The predicted molar refractivity (Wildman–Crippen MR) is 148 cm³/mol. The Kier molecular flexibility index (Phi) is 10.4. The van der Waals surface area contributed by atoms with E-state index in [4.69, 9.17) is 19.2 Å². The second-order valence-corrected chi connectivity index (χ2v) is 12.1. The van der Waals surface area contributed by atoms with Crippen LogP contribution in [-0.4, -0.2) is 66.3 Å². The number of nitrogens with zero attached hydrogens (tertiary/aromatic N) is 3. The summed E-state index contributed by atoms with van der Waals surface area (Å²) in [6.07, 6.45) is 5.93. The molecule has 11 nitrogen and oxygen atoms in total. The summed E-state index contributed by atoms with van der Waals surface area (Å²) < 4.78 is 53.4. The number of nitrogens with one attached hydrogen (secondary N) is 1. The Bertz CT molecular complexity index is 1440. The van der Waals surface area contributed by atoms with Gasteiger partial charge < -0.3 is 14.0 Å². The Balaban J connectivity index is 1.20. The lowest BCUT2D eigenvalue weighted by Gasteiger charge is -2.30. The highest BCUT2D eigenvalue weighted by Crippen LogP contribution is 2.28. The average molecular weight is 589 g/mol. The molecule has 0 saturated carbocycles. The van der Waals surface area contributed by atoms with Gasteiger partial charge in [-0.25, -0.2) is 18.3 Å². The summed E-state index contributed by atoms with van der Waals surface area (Å²) in [7, 11) is -3.06. The van der Waals surface area contributed by atoms with Crippen LogP contribution >= 0.6 is 0 Å². The minimum absolute atomic E-state index is 0.00593. The number of hydrogen-bond acceptors (Lipinski definition) is 10. The molecule has 220 valence electrons. The number of hydrogen-bond donors (Lipinski definition) is 2. The number of ether oxygens (including phenoxy) is 2. The normalized spacial score (nSPS) is 14.8. The second kappa shape index (κ2) is 14.2. The first-order valence-electron chi connectivity index (χ1n) is 13.2. The number of aromatic nitrogens is 2. The van der Waals surface area contributed by atoms with Gasteiger partial charge in [0.15, 0.2) is 24.0 Å². The van der Waals surface area contributed by atoms with Gasteiger partial charge in [-0.15, -0.1) is 0 Å². The molecule has 1 saturated heterocycles. The number of rotatable bonds is 13. The third-order valence-corrected chi connectivity index (χ3v) is 7.57. The van der Waals surface area contributed by atoms with Crippen molar-refractivity contribution in [3.63, 3.8) is 0 Å². The van der Waals surface area contributed by atoms with E-state index < -0.39 is 21.6 Å². The molecule has 1 aliphatic rings. The van der Waals surface area contributed by atoms with Crippen LogP contribution in [0, 0.1) is 5.82 Å². The van der Waals surface area contributed by atoms with Gasteiger partial charge in [0.1, 0.15) is 15.6 Å². The molecule has 0 bridgehead atoms. The first-order chi connectivity index (χ1) is 19.7. The van der Waals surface area contributed by atoms with Crippen LogP contribution in [0.15, 0.2) is 53.1 Å². The molecule has 0 atom stereocenters.